The van der Waals surface area contributed by atoms with Crippen molar-refractivity contribution in [2.24, 2.45) is 0 Å². The Morgan fingerprint density at radius 3 is 2.68 bits per heavy atom. The molecule has 0 aromatic carbocycles. The molecule has 2 heterocycles. The van der Waals surface area contributed by atoms with E-state index in [-0.39, 0.29) is 5.91 Å². The normalized spacial score (nSPS) is 10.5. The molecule has 0 radical (unpaired) electrons. The van der Waals surface area contributed by atoms with Gasteiger partial charge >= 0.3 is 0 Å². The van der Waals surface area contributed by atoms with Crippen molar-refractivity contribution in [2.45, 2.75) is 34.2 Å². The fourth-order valence-corrected chi connectivity index (χ4v) is 1.98. The molecule has 1 N–H and O–H groups in total. The first kappa shape index (κ1) is 13.3. The summed E-state index contributed by atoms with van der Waals surface area (Å²) >= 11 is 0. The van der Waals surface area contributed by atoms with Crippen LogP contribution < -0.4 is 5.32 Å². The minimum atomic E-state index is -0.150. The van der Waals surface area contributed by atoms with Gasteiger partial charge < -0.3 is 5.32 Å². The van der Waals surface area contributed by atoms with E-state index in [9.17, 15) is 4.79 Å². The number of carbonyl (C=O) groups excluding carboxylic acids is 1. The van der Waals surface area contributed by atoms with Gasteiger partial charge in [0, 0.05) is 17.8 Å². The Morgan fingerprint density at radius 2 is 2.05 bits per heavy atom. The van der Waals surface area contributed by atoms with E-state index >= 15 is 0 Å². The number of aromatic nitrogens is 3. The van der Waals surface area contributed by atoms with Gasteiger partial charge in [-0.2, -0.15) is 5.10 Å². The molecule has 1 amide bonds. The molecule has 0 aliphatic rings. The largest absolute Gasteiger partial charge is 0.306 e. The third-order valence-corrected chi connectivity index (χ3v) is 3.02. The van der Waals surface area contributed by atoms with E-state index in [1.165, 1.54) is 0 Å². The average Bonchev–Trinajstić information content (AvgIpc) is 2.70. The Bertz CT molecular complexity index is 616. The molecular weight excluding hydrogens is 240 g/mol. The lowest BCUT2D eigenvalue weighted by Gasteiger charge is -2.10. The average molecular weight is 258 g/mol. The van der Waals surface area contributed by atoms with Gasteiger partial charge in [0.05, 0.1) is 17.5 Å². The van der Waals surface area contributed by atoms with Crippen LogP contribution in [0, 0.1) is 20.8 Å². The van der Waals surface area contributed by atoms with Gasteiger partial charge in [-0.05, 0) is 39.8 Å². The molecular formula is C14H18N4O. The zero-order valence-electron chi connectivity index (χ0n) is 11.7. The molecule has 0 aliphatic heterocycles. The van der Waals surface area contributed by atoms with Crippen LogP contribution in [0.4, 0.5) is 5.82 Å². The van der Waals surface area contributed by atoms with Gasteiger partial charge in [0.15, 0.2) is 0 Å². The van der Waals surface area contributed by atoms with Crippen molar-refractivity contribution in [2.75, 3.05) is 5.32 Å². The smallest absolute Gasteiger partial charge is 0.258 e. The van der Waals surface area contributed by atoms with E-state index in [1.807, 2.05) is 33.8 Å². The number of aryl methyl sites for hydroxylation is 4. The predicted molar refractivity (Wildman–Crippen MR) is 74.3 cm³/mol. The summed E-state index contributed by atoms with van der Waals surface area (Å²) in [5.41, 5.74) is 3.18. The van der Waals surface area contributed by atoms with Gasteiger partial charge in [-0.15, -0.1) is 0 Å². The monoisotopic (exact) mass is 258 g/mol. The van der Waals surface area contributed by atoms with Crippen LogP contribution in [0.1, 0.15) is 34.2 Å². The van der Waals surface area contributed by atoms with Gasteiger partial charge in [-0.1, -0.05) is 0 Å². The lowest BCUT2D eigenvalue weighted by molar-refractivity contribution is 0.102. The molecule has 2 rings (SSSR count). The van der Waals surface area contributed by atoms with E-state index in [1.54, 1.807) is 16.9 Å². The Labute approximate surface area is 112 Å². The maximum Gasteiger partial charge on any atom is 0.258 e. The fraction of sp³-hybridized carbons (Fsp3) is 0.357. The fourth-order valence-electron chi connectivity index (χ4n) is 1.98. The summed E-state index contributed by atoms with van der Waals surface area (Å²) in [7, 11) is 0. The number of nitrogens with one attached hydrogen (secondary N) is 1. The summed E-state index contributed by atoms with van der Waals surface area (Å²) in [6.07, 6.45) is 1.75. The number of hydrogen-bond acceptors (Lipinski definition) is 3. The highest BCUT2D eigenvalue weighted by molar-refractivity contribution is 6.04. The second-order valence-corrected chi connectivity index (χ2v) is 4.53. The Kier molecular flexibility index (Phi) is 3.64. The minimum Gasteiger partial charge on any atom is -0.306 e. The van der Waals surface area contributed by atoms with Crippen molar-refractivity contribution in [3.8, 4) is 0 Å². The number of carbonyl (C=O) groups is 1. The second kappa shape index (κ2) is 5.22. The quantitative estimate of drug-likeness (QED) is 0.920. The number of amides is 1. The Morgan fingerprint density at radius 1 is 1.32 bits per heavy atom. The van der Waals surface area contributed by atoms with Crippen molar-refractivity contribution < 1.29 is 4.79 Å². The number of hydrogen-bond donors (Lipinski definition) is 1. The molecule has 0 saturated carbocycles. The molecule has 2 aromatic rings. The van der Waals surface area contributed by atoms with Gasteiger partial charge in [0.1, 0.15) is 5.82 Å². The van der Waals surface area contributed by atoms with Crippen LogP contribution in [0.5, 0.6) is 0 Å². The van der Waals surface area contributed by atoms with Crippen LogP contribution in [0.15, 0.2) is 18.3 Å². The maximum absolute atomic E-state index is 12.3. The first-order chi connectivity index (χ1) is 9.02. The lowest BCUT2D eigenvalue weighted by atomic mass is 10.1. The zero-order valence-corrected chi connectivity index (χ0v) is 11.7. The molecule has 100 valence electrons. The summed E-state index contributed by atoms with van der Waals surface area (Å²) in [5, 5.41) is 7.11. The maximum atomic E-state index is 12.3. The summed E-state index contributed by atoms with van der Waals surface area (Å²) in [4.78, 5) is 16.6. The summed E-state index contributed by atoms with van der Waals surface area (Å²) in [6.45, 7) is 8.38. The molecule has 2 aromatic heterocycles. The summed E-state index contributed by atoms with van der Waals surface area (Å²) in [6, 6.07) is 3.64. The standard InChI is InChI=1S/C14H18N4O/c1-5-18-13(9(2)8-15-18)17-14(19)12-7-6-10(3)16-11(12)4/h6-8H,5H2,1-4H3,(H,17,19). The van der Waals surface area contributed by atoms with Crippen molar-refractivity contribution in [3.05, 3.63) is 40.8 Å². The summed E-state index contributed by atoms with van der Waals surface area (Å²) < 4.78 is 1.77. The minimum absolute atomic E-state index is 0.150. The van der Waals surface area contributed by atoms with Gasteiger partial charge in [0.2, 0.25) is 0 Å². The number of pyridine rings is 1. The topological polar surface area (TPSA) is 59.8 Å². The SMILES string of the molecule is CCn1ncc(C)c1NC(=O)c1ccc(C)nc1C. The highest BCUT2D eigenvalue weighted by Gasteiger charge is 2.14. The number of rotatable bonds is 3. The summed E-state index contributed by atoms with van der Waals surface area (Å²) in [5.74, 6) is 0.593. The highest BCUT2D eigenvalue weighted by atomic mass is 16.1. The van der Waals surface area contributed by atoms with Crippen molar-refractivity contribution in [1.82, 2.24) is 14.8 Å². The van der Waals surface area contributed by atoms with Crippen LogP contribution in [-0.4, -0.2) is 20.7 Å². The molecule has 0 spiro atoms. The first-order valence-corrected chi connectivity index (χ1v) is 6.31. The molecule has 5 nitrogen and oxygen atoms in total. The van der Waals surface area contributed by atoms with Crippen LogP contribution in [0.3, 0.4) is 0 Å². The van der Waals surface area contributed by atoms with E-state index in [4.69, 9.17) is 0 Å². The van der Waals surface area contributed by atoms with E-state index in [0.29, 0.717) is 12.1 Å². The van der Waals surface area contributed by atoms with Crippen molar-refractivity contribution in [1.29, 1.82) is 0 Å². The molecule has 19 heavy (non-hydrogen) atoms. The van der Waals surface area contributed by atoms with E-state index in [0.717, 1.165) is 22.8 Å². The zero-order chi connectivity index (χ0) is 14.0. The molecule has 0 bridgehead atoms. The molecule has 0 atom stereocenters. The van der Waals surface area contributed by atoms with Crippen LogP contribution in [0.25, 0.3) is 0 Å². The van der Waals surface area contributed by atoms with Crippen LogP contribution >= 0.6 is 0 Å². The molecule has 0 saturated heterocycles. The third-order valence-electron chi connectivity index (χ3n) is 3.02. The number of anilines is 1. The van der Waals surface area contributed by atoms with Crippen LogP contribution in [0.2, 0.25) is 0 Å². The van der Waals surface area contributed by atoms with Gasteiger partial charge in [-0.3, -0.25) is 9.78 Å². The highest BCUT2D eigenvalue weighted by Crippen LogP contribution is 2.16. The van der Waals surface area contributed by atoms with Crippen molar-refractivity contribution in [3.63, 3.8) is 0 Å². The Hall–Kier alpha value is -2.17. The van der Waals surface area contributed by atoms with Gasteiger partial charge in [0.25, 0.3) is 5.91 Å². The second-order valence-electron chi connectivity index (χ2n) is 4.53. The lowest BCUT2D eigenvalue weighted by Crippen LogP contribution is -2.17. The van der Waals surface area contributed by atoms with Crippen molar-refractivity contribution >= 4 is 11.7 Å². The Balaban J connectivity index is 2.28. The first-order valence-electron chi connectivity index (χ1n) is 6.31. The number of nitrogens with zero attached hydrogens (tertiary/aromatic N) is 3. The van der Waals surface area contributed by atoms with Crippen LogP contribution in [-0.2, 0) is 6.54 Å². The predicted octanol–water partition coefficient (Wildman–Crippen LogP) is 2.48. The molecule has 0 aliphatic carbocycles. The van der Waals surface area contributed by atoms with E-state index in [2.05, 4.69) is 15.4 Å². The molecule has 0 fully saturated rings. The molecule has 0 unspecified atom stereocenters. The third kappa shape index (κ3) is 2.65. The van der Waals surface area contributed by atoms with E-state index < -0.39 is 0 Å². The molecule has 5 heteroatoms. The van der Waals surface area contributed by atoms with Gasteiger partial charge in [-0.25, -0.2) is 4.68 Å².